The molecule has 0 aromatic rings. The SMILES string of the molecule is CCC(=CCN1CCC(C)(C(=O)NC)C1)C(=O)O. The Morgan fingerprint density at radius 2 is 2.17 bits per heavy atom. The van der Waals surface area contributed by atoms with Gasteiger partial charge >= 0.3 is 5.97 Å². The smallest absolute Gasteiger partial charge is 0.331 e. The number of amides is 1. The molecule has 1 saturated heterocycles. The normalized spacial score (nSPS) is 25.2. The number of aliphatic carboxylic acids is 1. The van der Waals surface area contributed by atoms with Crippen molar-refractivity contribution in [3.05, 3.63) is 11.6 Å². The molecule has 2 N–H and O–H groups in total. The minimum absolute atomic E-state index is 0.0583. The van der Waals surface area contributed by atoms with E-state index in [0.717, 1.165) is 13.0 Å². The molecule has 1 aliphatic rings. The molecule has 1 amide bonds. The van der Waals surface area contributed by atoms with Crippen LogP contribution in [0.2, 0.25) is 0 Å². The van der Waals surface area contributed by atoms with Crippen molar-refractivity contribution in [1.29, 1.82) is 0 Å². The first kappa shape index (κ1) is 14.7. The van der Waals surface area contributed by atoms with Gasteiger partial charge in [-0.15, -0.1) is 0 Å². The highest BCUT2D eigenvalue weighted by Gasteiger charge is 2.39. The summed E-state index contributed by atoms with van der Waals surface area (Å²) in [6.45, 7) is 5.89. The molecule has 0 radical (unpaired) electrons. The van der Waals surface area contributed by atoms with E-state index >= 15 is 0 Å². The summed E-state index contributed by atoms with van der Waals surface area (Å²) in [7, 11) is 1.65. The van der Waals surface area contributed by atoms with Gasteiger partial charge in [0.05, 0.1) is 5.41 Å². The molecule has 1 aliphatic heterocycles. The molecule has 0 spiro atoms. The average Bonchev–Trinajstić information content (AvgIpc) is 2.72. The Balaban J connectivity index is 2.58. The van der Waals surface area contributed by atoms with Crippen molar-refractivity contribution in [2.45, 2.75) is 26.7 Å². The lowest BCUT2D eigenvalue weighted by atomic mass is 9.89. The lowest BCUT2D eigenvalue weighted by Gasteiger charge is -2.22. The number of carboxylic acid groups (broad SMARTS) is 1. The number of hydrogen-bond acceptors (Lipinski definition) is 3. The van der Waals surface area contributed by atoms with Crippen LogP contribution in [0.5, 0.6) is 0 Å². The van der Waals surface area contributed by atoms with E-state index in [0.29, 0.717) is 25.1 Å². The number of nitrogens with zero attached hydrogens (tertiary/aromatic N) is 1. The summed E-state index contributed by atoms with van der Waals surface area (Å²) in [5, 5.41) is 11.6. The molecular formula is C13H22N2O3. The maximum absolute atomic E-state index is 11.7. The molecule has 102 valence electrons. The van der Waals surface area contributed by atoms with Gasteiger partial charge in [0, 0.05) is 25.7 Å². The van der Waals surface area contributed by atoms with Gasteiger partial charge in [-0.3, -0.25) is 9.69 Å². The van der Waals surface area contributed by atoms with Crippen molar-refractivity contribution in [3.8, 4) is 0 Å². The van der Waals surface area contributed by atoms with Crippen molar-refractivity contribution in [2.24, 2.45) is 5.41 Å². The van der Waals surface area contributed by atoms with E-state index in [1.165, 1.54) is 0 Å². The zero-order valence-electron chi connectivity index (χ0n) is 11.3. The van der Waals surface area contributed by atoms with Gasteiger partial charge in [-0.25, -0.2) is 4.79 Å². The van der Waals surface area contributed by atoms with Crippen LogP contribution in [0.1, 0.15) is 26.7 Å². The molecule has 0 bridgehead atoms. The topological polar surface area (TPSA) is 69.6 Å². The van der Waals surface area contributed by atoms with Crippen LogP contribution >= 0.6 is 0 Å². The van der Waals surface area contributed by atoms with Crippen LogP contribution in [0.3, 0.4) is 0 Å². The summed E-state index contributed by atoms with van der Waals surface area (Å²) in [6.07, 6.45) is 3.09. The van der Waals surface area contributed by atoms with Crippen LogP contribution in [0.4, 0.5) is 0 Å². The van der Waals surface area contributed by atoms with Gasteiger partial charge in [-0.05, 0) is 26.3 Å². The molecule has 5 nitrogen and oxygen atoms in total. The van der Waals surface area contributed by atoms with E-state index in [2.05, 4.69) is 10.2 Å². The third-order valence-corrected chi connectivity index (χ3v) is 3.58. The number of carbonyl (C=O) groups excluding carboxylic acids is 1. The fourth-order valence-corrected chi connectivity index (χ4v) is 2.32. The number of rotatable bonds is 5. The maximum Gasteiger partial charge on any atom is 0.331 e. The van der Waals surface area contributed by atoms with Crippen LogP contribution < -0.4 is 5.32 Å². The number of nitrogens with one attached hydrogen (secondary N) is 1. The molecule has 18 heavy (non-hydrogen) atoms. The Morgan fingerprint density at radius 1 is 1.50 bits per heavy atom. The Morgan fingerprint density at radius 3 is 2.67 bits per heavy atom. The first-order valence-corrected chi connectivity index (χ1v) is 6.30. The van der Waals surface area contributed by atoms with E-state index in [9.17, 15) is 9.59 Å². The molecule has 0 aromatic heterocycles. The van der Waals surface area contributed by atoms with Crippen LogP contribution in [-0.2, 0) is 9.59 Å². The standard InChI is InChI=1S/C13H22N2O3/c1-4-10(11(16)17)5-7-15-8-6-13(2,9-15)12(18)14-3/h5H,4,6-9H2,1-3H3,(H,14,18)(H,16,17). The van der Waals surface area contributed by atoms with Gasteiger partial charge in [0.25, 0.3) is 0 Å². The highest BCUT2D eigenvalue weighted by atomic mass is 16.4. The first-order chi connectivity index (χ1) is 8.42. The predicted molar refractivity (Wildman–Crippen MR) is 69.2 cm³/mol. The van der Waals surface area contributed by atoms with Gasteiger partial charge in [0.2, 0.25) is 5.91 Å². The summed E-state index contributed by atoms with van der Waals surface area (Å²) in [5.74, 6) is -0.798. The number of hydrogen-bond donors (Lipinski definition) is 2. The third-order valence-electron chi connectivity index (χ3n) is 3.58. The van der Waals surface area contributed by atoms with Crippen LogP contribution in [-0.4, -0.2) is 48.6 Å². The molecule has 0 aromatic carbocycles. The van der Waals surface area contributed by atoms with Gasteiger partial charge < -0.3 is 10.4 Å². The Labute approximate surface area is 108 Å². The number of carboxylic acids is 1. The third kappa shape index (κ3) is 3.32. The Kier molecular flexibility index (Phi) is 4.90. The van der Waals surface area contributed by atoms with E-state index in [4.69, 9.17) is 5.11 Å². The van der Waals surface area contributed by atoms with Gasteiger partial charge in [0.1, 0.15) is 0 Å². The largest absolute Gasteiger partial charge is 0.478 e. The van der Waals surface area contributed by atoms with E-state index in [1.807, 2.05) is 13.8 Å². The second-order valence-corrected chi connectivity index (χ2v) is 5.01. The molecule has 1 rings (SSSR count). The van der Waals surface area contributed by atoms with Crippen molar-refractivity contribution in [2.75, 3.05) is 26.7 Å². The predicted octanol–water partition coefficient (Wildman–Crippen LogP) is 0.865. The summed E-state index contributed by atoms with van der Waals surface area (Å²) in [6, 6.07) is 0. The molecule has 0 saturated carbocycles. The molecule has 1 unspecified atom stereocenters. The summed E-state index contributed by atoms with van der Waals surface area (Å²) >= 11 is 0. The lowest BCUT2D eigenvalue weighted by molar-refractivity contribution is -0.133. The van der Waals surface area contributed by atoms with Crippen molar-refractivity contribution >= 4 is 11.9 Å². The van der Waals surface area contributed by atoms with E-state index in [1.54, 1.807) is 13.1 Å². The molecule has 0 aliphatic carbocycles. The van der Waals surface area contributed by atoms with Crippen molar-refractivity contribution < 1.29 is 14.7 Å². The summed E-state index contributed by atoms with van der Waals surface area (Å²) in [5.41, 5.74) is 0.0848. The highest BCUT2D eigenvalue weighted by molar-refractivity contribution is 5.86. The van der Waals surface area contributed by atoms with Gasteiger partial charge in [-0.1, -0.05) is 13.0 Å². The summed E-state index contributed by atoms with van der Waals surface area (Å²) < 4.78 is 0. The number of likely N-dealkylation sites (tertiary alicyclic amines) is 1. The lowest BCUT2D eigenvalue weighted by Crippen LogP contribution is -2.39. The molecule has 1 fully saturated rings. The number of carbonyl (C=O) groups is 2. The van der Waals surface area contributed by atoms with E-state index in [-0.39, 0.29) is 11.3 Å². The summed E-state index contributed by atoms with van der Waals surface area (Å²) in [4.78, 5) is 24.7. The first-order valence-electron chi connectivity index (χ1n) is 6.30. The second kappa shape index (κ2) is 6.00. The van der Waals surface area contributed by atoms with Crippen LogP contribution in [0, 0.1) is 5.41 Å². The minimum atomic E-state index is -0.856. The maximum atomic E-state index is 11.7. The van der Waals surface area contributed by atoms with Crippen LogP contribution in [0.25, 0.3) is 0 Å². The average molecular weight is 254 g/mol. The zero-order valence-corrected chi connectivity index (χ0v) is 11.3. The van der Waals surface area contributed by atoms with E-state index < -0.39 is 5.97 Å². The van der Waals surface area contributed by atoms with Crippen molar-refractivity contribution in [1.82, 2.24) is 10.2 Å². The van der Waals surface area contributed by atoms with Crippen molar-refractivity contribution in [3.63, 3.8) is 0 Å². The zero-order chi connectivity index (χ0) is 13.8. The van der Waals surface area contributed by atoms with Crippen LogP contribution in [0.15, 0.2) is 11.6 Å². The Bertz CT molecular complexity index is 365. The van der Waals surface area contributed by atoms with Gasteiger partial charge in [0.15, 0.2) is 0 Å². The second-order valence-electron chi connectivity index (χ2n) is 5.01. The molecule has 1 heterocycles. The molecule has 5 heteroatoms. The van der Waals surface area contributed by atoms with Gasteiger partial charge in [-0.2, -0.15) is 0 Å². The molecule has 1 atom stereocenters. The minimum Gasteiger partial charge on any atom is -0.478 e. The quantitative estimate of drug-likeness (QED) is 0.714. The molecular weight excluding hydrogens is 232 g/mol. The Hall–Kier alpha value is -1.36. The monoisotopic (exact) mass is 254 g/mol. The highest BCUT2D eigenvalue weighted by Crippen LogP contribution is 2.29. The fourth-order valence-electron chi connectivity index (χ4n) is 2.32. The fraction of sp³-hybridized carbons (Fsp3) is 0.692.